The van der Waals surface area contributed by atoms with E-state index in [2.05, 4.69) is 20.5 Å². The predicted molar refractivity (Wildman–Crippen MR) is 267 cm³/mol. The van der Waals surface area contributed by atoms with Crippen molar-refractivity contribution in [1.82, 2.24) is 0 Å². The van der Waals surface area contributed by atoms with Crippen LogP contribution >= 0.6 is 0 Å². The number of para-hydroxylation sites is 2. The Balaban J connectivity index is 1.51. The maximum atomic E-state index is 13.0. The van der Waals surface area contributed by atoms with E-state index in [0.717, 1.165) is 0 Å². The third-order valence-electron chi connectivity index (χ3n) is 11.0. The molecule has 0 amide bonds. The Labute approximate surface area is 417 Å². The highest BCUT2D eigenvalue weighted by Crippen LogP contribution is 2.42. The lowest BCUT2D eigenvalue weighted by Crippen LogP contribution is -2.18. The van der Waals surface area contributed by atoms with Gasteiger partial charge in [0.15, 0.2) is 26.4 Å². The van der Waals surface area contributed by atoms with Crippen molar-refractivity contribution in [3.05, 3.63) is 166 Å². The highest BCUT2D eigenvalue weighted by atomic mass is 16.6. The van der Waals surface area contributed by atoms with Gasteiger partial charge in [0, 0.05) is 47.9 Å². The molecule has 7 rings (SSSR count). The van der Waals surface area contributed by atoms with Crippen LogP contribution in [0.3, 0.4) is 0 Å². The summed E-state index contributed by atoms with van der Waals surface area (Å²) in [5, 5.41) is 18.4. The lowest BCUT2D eigenvalue weighted by atomic mass is 9.90. The molecule has 8 bridgehead atoms. The van der Waals surface area contributed by atoms with Gasteiger partial charge in [0.2, 0.25) is 0 Å². The van der Waals surface area contributed by atoms with Crippen molar-refractivity contribution in [3.8, 4) is 23.0 Å². The Kier molecular flexibility index (Phi) is 18.6. The summed E-state index contributed by atoms with van der Waals surface area (Å²) >= 11 is 0. The van der Waals surface area contributed by atoms with Crippen molar-refractivity contribution in [2.24, 2.45) is 20.5 Å². The molecule has 1 aliphatic carbocycles. The lowest BCUT2D eigenvalue weighted by Gasteiger charge is -2.23. The van der Waals surface area contributed by atoms with Crippen LogP contribution in [0.15, 0.2) is 142 Å². The average Bonchev–Trinajstić information content (AvgIpc) is 3.37. The summed E-state index contributed by atoms with van der Waals surface area (Å²) in [5.74, 6) is -0.811. The Morgan fingerprint density at radius 2 is 0.583 bits per heavy atom. The van der Waals surface area contributed by atoms with Crippen molar-refractivity contribution in [2.45, 2.75) is 53.4 Å². The van der Waals surface area contributed by atoms with E-state index in [-0.39, 0.29) is 52.1 Å². The second-order valence-electron chi connectivity index (χ2n) is 16.2. The van der Waals surface area contributed by atoms with Crippen LogP contribution in [0.4, 0.5) is 22.7 Å². The first-order valence-corrected chi connectivity index (χ1v) is 23.7. The largest absolute Gasteiger partial charge is 0.481 e. The first-order valence-electron chi connectivity index (χ1n) is 23.7. The van der Waals surface area contributed by atoms with E-state index in [1.807, 2.05) is 121 Å². The SMILES string of the molecule is CCOC(=O)COc1c2cccc1Cc1cc(N=Nc3ccccc3)cc(c1OCC(=O)OCC)Cc1cccc(c1OCC(=O)OCC)Cc1cc(N=Nc3ccccc3)cc(c1OCC(=O)OCC)C2. The zero-order valence-electron chi connectivity index (χ0n) is 40.7. The quantitative estimate of drug-likeness (QED) is 0.0399. The van der Waals surface area contributed by atoms with Crippen LogP contribution in [0.1, 0.15) is 72.2 Å². The van der Waals surface area contributed by atoms with Gasteiger partial charge in [-0.15, -0.1) is 0 Å². The molecule has 0 N–H and O–H groups in total. The molecule has 72 heavy (non-hydrogen) atoms. The fourth-order valence-electron chi connectivity index (χ4n) is 8.06. The maximum absolute atomic E-state index is 13.0. The standard InChI is InChI=1S/C56H56N4O12/c1-5-65-49(61)33-69-53-37-17-15-18-38(53)26-42-30-48(60-58-46-23-13-10-14-24-46)32-44(56(42)72-36-52(64)68-8-4)28-40-20-16-19-39(54(40)70-34-50(62)66-6-2)27-43-31-47(59-57-45-21-11-9-12-22-45)29-41(25-37)55(43)71-35-51(63)67-7-3/h9-24,29-32H,5-8,25-28,33-36H2,1-4H3. The van der Waals surface area contributed by atoms with E-state index >= 15 is 0 Å². The molecule has 0 radical (unpaired) electrons. The molecule has 0 saturated heterocycles. The number of fused-ring (bicyclic) bond motifs is 8. The summed E-state index contributed by atoms with van der Waals surface area (Å²) in [5.41, 5.74) is 7.14. The first kappa shape index (κ1) is 51.5. The third-order valence-corrected chi connectivity index (χ3v) is 11.0. The summed E-state index contributed by atoms with van der Waals surface area (Å²) in [6.45, 7) is 5.82. The van der Waals surface area contributed by atoms with Gasteiger partial charge in [-0.3, -0.25) is 0 Å². The van der Waals surface area contributed by atoms with Crippen LogP contribution in [0, 0.1) is 0 Å². The highest BCUT2D eigenvalue weighted by Gasteiger charge is 2.25. The number of nitrogens with zero attached hydrogens (tertiary/aromatic N) is 4. The van der Waals surface area contributed by atoms with Gasteiger partial charge in [-0.2, -0.15) is 20.5 Å². The van der Waals surface area contributed by atoms with Crippen molar-refractivity contribution in [3.63, 3.8) is 0 Å². The minimum absolute atomic E-state index is 0.140. The van der Waals surface area contributed by atoms with Gasteiger partial charge in [-0.1, -0.05) is 72.8 Å². The molecule has 0 aromatic heterocycles. The zero-order valence-corrected chi connectivity index (χ0v) is 40.7. The number of hydrogen-bond acceptors (Lipinski definition) is 16. The molecule has 0 heterocycles. The number of rotatable bonds is 20. The van der Waals surface area contributed by atoms with Gasteiger partial charge in [-0.05, 0) is 98.5 Å². The van der Waals surface area contributed by atoms with E-state index in [0.29, 0.717) is 90.3 Å². The molecule has 1 aliphatic rings. The lowest BCUT2D eigenvalue weighted by molar-refractivity contribution is -0.146. The van der Waals surface area contributed by atoms with Gasteiger partial charge in [0.05, 0.1) is 49.2 Å². The number of carbonyl (C=O) groups excluding carboxylic acids is 4. The van der Waals surface area contributed by atoms with E-state index in [9.17, 15) is 19.2 Å². The number of carbonyl (C=O) groups is 4. The van der Waals surface area contributed by atoms with Crippen molar-refractivity contribution >= 4 is 46.6 Å². The number of azo groups is 2. The molecule has 372 valence electrons. The zero-order chi connectivity index (χ0) is 50.7. The van der Waals surface area contributed by atoms with Crippen molar-refractivity contribution in [1.29, 1.82) is 0 Å². The average molecular weight is 977 g/mol. The Morgan fingerprint density at radius 3 is 0.847 bits per heavy atom. The number of ether oxygens (including phenoxy) is 8. The minimum Gasteiger partial charge on any atom is -0.481 e. The highest BCUT2D eigenvalue weighted by molar-refractivity contribution is 5.73. The molecule has 0 unspecified atom stereocenters. The predicted octanol–water partition coefficient (Wildman–Crippen LogP) is 11.0. The fourth-order valence-corrected chi connectivity index (χ4v) is 8.06. The monoisotopic (exact) mass is 976 g/mol. The molecule has 0 aliphatic heterocycles. The molecular weight excluding hydrogens is 921 g/mol. The van der Waals surface area contributed by atoms with Gasteiger partial charge in [0.25, 0.3) is 0 Å². The molecule has 6 aromatic rings. The molecule has 6 aromatic carbocycles. The summed E-state index contributed by atoms with van der Waals surface area (Å²) in [7, 11) is 0. The van der Waals surface area contributed by atoms with Crippen LogP contribution in [0.5, 0.6) is 23.0 Å². The van der Waals surface area contributed by atoms with Crippen LogP contribution in [-0.4, -0.2) is 76.7 Å². The second kappa shape index (κ2) is 26.0. The van der Waals surface area contributed by atoms with Crippen molar-refractivity contribution < 1.29 is 57.1 Å². The number of hydrogen-bond donors (Lipinski definition) is 0. The molecule has 16 nitrogen and oxygen atoms in total. The topological polar surface area (TPSA) is 192 Å². The van der Waals surface area contributed by atoms with Gasteiger partial charge >= 0.3 is 23.9 Å². The molecule has 0 saturated carbocycles. The van der Waals surface area contributed by atoms with Gasteiger partial charge < -0.3 is 37.9 Å². The van der Waals surface area contributed by atoms with Crippen LogP contribution in [-0.2, 0) is 63.8 Å². The molecule has 0 atom stereocenters. The Morgan fingerprint density at radius 1 is 0.333 bits per heavy atom. The summed E-state index contributed by atoms with van der Waals surface area (Å²) < 4.78 is 47.0. The smallest absolute Gasteiger partial charge is 0.344 e. The van der Waals surface area contributed by atoms with Crippen LogP contribution < -0.4 is 18.9 Å². The first-order chi connectivity index (χ1) is 35.1. The summed E-state index contributed by atoms with van der Waals surface area (Å²) in [4.78, 5) is 52.0. The van der Waals surface area contributed by atoms with E-state index in [4.69, 9.17) is 37.9 Å². The Bertz CT molecular complexity index is 2620. The number of benzene rings is 6. The van der Waals surface area contributed by atoms with Crippen LogP contribution in [0.2, 0.25) is 0 Å². The molecule has 0 spiro atoms. The fraction of sp³-hybridized carbons (Fsp3) is 0.286. The van der Waals surface area contributed by atoms with Crippen molar-refractivity contribution in [2.75, 3.05) is 52.9 Å². The normalized spacial score (nSPS) is 11.9. The number of esters is 4. The molecule has 0 fully saturated rings. The summed E-state index contributed by atoms with van der Waals surface area (Å²) in [6, 6.07) is 37.1. The molecule has 16 heteroatoms. The van der Waals surface area contributed by atoms with E-state index in [1.165, 1.54) is 0 Å². The maximum Gasteiger partial charge on any atom is 0.344 e. The van der Waals surface area contributed by atoms with Gasteiger partial charge in [-0.25, -0.2) is 19.2 Å². The van der Waals surface area contributed by atoms with Gasteiger partial charge in [0.1, 0.15) is 23.0 Å². The van der Waals surface area contributed by atoms with Crippen LogP contribution in [0.25, 0.3) is 0 Å². The van der Waals surface area contributed by atoms with E-state index in [1.54, 1.807) is 27.7 Å². The molecular formula is C56H56N4O12. The second-order valence-corrected chi connectivity index (χ2v) is 16.2. The Hall–Kier alpha value is -8.40. The minimum atomic E-state index is -0.574. The van der Waals surface area contributed by atoms with E-state index < -0.39 is 50.3 Å². The third kappa shape index (κ3) is 14.3. The summed E-state index contributed by atoms with van der Waals surface area (Å²) in [6.07, 6.45) is 0.559.